The van der Waals surface area contributed by atoms with Gasteiger partial charge < -0.3 is 10.6 Å². The van der Waals surface area contributed by atoms with E-state index in [1.807, 2.05) is 0 Å². The highest BCUT2D eigenvalue weighted by molar-refractivity contribution is 7.80. The van der Waals surface area contributed by atoms with Crippen LogP contribution in [0.2, 0.25) is 0 Å². The monoisotopic (exact) mass is 198 g/mol. The van der Waals surface area contributed by atoms with Gasteiger partial charge in [-0.1, -0.05) is 12.8 Å². The fourth-order valence-electron chi connectivity index (χ4n) is 1.46. The van der Waals surface area contributed by atoms with Crippen molar-refractivity contribution in [3.05, 3.63) is 0 Å². The van der Waals surface area contributed by atoms with Crippen LogP contribution in [0.1, 0.15) is 38.5 Å². The Morgan fingerprint density at radius 1 is 1.23 bits per heavy atom. The second-order valence-corrected chi connectivity index (χ2v) is 4.67. The quantitative estimate of drug-likeness (QED) is 0.520. The van der Waals surface area contributed by atoms with E-state index >= 15 is 0 Å². The Labute approximate surface area is 85.5 Å². The third-order valence-corrected chi connectivity index (χ3v) is 2.95. The zero-order chi connectivity index (χ0) is 9.10. The maximum absolute atomic E-state index is 5.14. The number of thiocarbonyl (C=S) groups is 1. The van der Waals surface area contributed by atoms with Gasteiger partial charge in [0.05, 0.1) is 0 Å². The highest BCUT2D eigenvalue weighted by Gasteiger charge is 2.22. The largest absolute Gasteiger partial charge is 0.363 e. The molecule has 0 bridgehead atoms. The Balaban J connectivity index is 1.43. The van der Waals surface area contributed by atoms with Crippen molar-refractivity contribution in [1.29, 1.82) is 0 Å². The van der Waals surface area contributed by atoms with Crippen LogP contribution in [-0.2, 0) is 0 Å². The lowest BCUT2D eigenvalue weighted by Gasteiger charge is -2.08. The molecular formula is C10H18N2S. The second-order valence-electron chi connectivity index (χ2n) is 4.26. The Hall–Kier alpha value is -0.310. The highest BCUT2D eigenvalue weighted by atomic mass is 32.1. The molecule has 0 atom stereocenters. The van der Waals surface area contributed by atoms with Crippen molar-refractivity contribution >= 4 is 17.3 Å². The van der Waals surface area contributed by atoms with Crippen molar-refractivity contribution < 1.29 is 0 Å². The molecule has 0 aromatic rings. The van der Waals surface area contributed by atoms with Crippen LogP contribution in [0.4, 0.5) is 0 Å². The molecule has 2 saturated carbocycles. The van der Waals surface area contributed by atoms with Crippen molar-refractivity contribution in [3.8, 4) is 0 Å². The fraction of sp³-hybridized carbons (Fsp3) is 0.900. The van der Waals surface area contributed by atoms with Gasteiger partial charge in [0, 0.05) is 12.6 Å². The lowest BCUT2D eigenvalue weighted by atomic mass is 10.2. The Bertz CT molecular complexity index is 185. The topological polar surface area (TPSA) is 24.1 Å². The van der Waals surface area contributed by atoms with Crippen LogP contribution in [0, 0.1) is 5.92 Å². The van der Waals surface area contributed by atoms with E-state index in [0.717, 1.165) is 17.6 Å². The van der Waals surface area contributed by atoms with Gasteiger partial charge in [0.25, 0.3) is 0 Å². The molecule has 2 aliphatic carbocycles. The first kappa shape index (κ1) is 9.25. The number of nitrogens with one attached hydrogen (secondary N) is 2. The van der Waals surface area contributed by atoms with Crippen LogP contribution in [0.3, 0.4) is 0 Å². The summed E-state index contributed by atoms with van der Waals surface area (Å²) in [4.78, 5) is 0. The molecule has 2 nitrogen and oxygen atoms in total. The summed E-state index contributed by atoms with van der Waals surface area (Å²) in [6, 6.07) is 0.684. The zero-order valence-corrected chi connectivity index (χ0v) is 8.83. The van der Waals surface area contributed by atoms with E-state index in [0.29, 0.717) is 6.04 Å². The van der Waals surface area contributed by atoms with Crippen LogP contribution in [0.15, 0.2) is 0 Å². The predicted molar refractivity (Wildman–Crippen MR) is 58.7 cm³/mol. The molecular weight excluding hydrogens is 180 g/mol. The molecule has 0 aromatic heterocycles. The molecule has 0 spiro atoms. The van der Waals surface area contributed by atoms with Crippen molar-refractivity contribution in [3.63, 3.8) is 0 Å². The minimum Gasteiger partial charge on any atom is -0.363 e. The van der Waals surface area contributed by atoms with Gasteiger partial charge in [-0.3, -0.25) is 0 Å². The molecule has 2 aliphatic rings. The van der Waals surface area contributed by atoms with Crippen molar-refractivity contribution in [2.24, 2.45) is 5.92 Å². The van der Waals surface area contributed by atoms with Crippen molar-refractivity contribution in [1.82, 2.24) is 10.6 Å². The maximum Gasteiger partial charge on any atom is 0.166 e. The summed E-state index contributed by atoms with van der Waals surface area (Å²) in [5, 5.41) is 7.39. The van der Waals surface area contributed by atoms with Gasteiger partial charge >= 0.3 is 0 Å². The van der Waals surface area contributed by atoms with Gasteiger partial charge in [-0.25, -0.2) is 0 Å². The number of hydrogen-bond acceptors (Lipinski definition) is 1. The minimum atomic E-state index is 0.684. The summed E-state index contributed by atoms with van der Waals surface area (Å²) in [6.45, 7) is 1.05. The van der Waals surface area contributed by atoms with Gasteiger partial charge in [0.2, 0.25) is 0 Å². The number of hydrogen-bond donors (Lipinski definition) is 2. The molecule has 2 N–H and O–H groups in total. The molecule has 0 amide bonds. The average Bonchev–Trinajstić information content (AvgIpc) is 2.92. The van der Waals surface area contributed by atoms with Crippen LogP contribution >= 0.6 is 12.2 Å². The maximum atomic E-state index is 5.14. The fourth-order valence-corrected chi connectivity index (χ4v) is 1.73. The minimum absolute atomic E-state index is 0.684. The third kappa shape index (κ3) is 3.94. The van der Waals surface area contributed by atoms with Crippen molar-refractivity contribution in [2.45, 2.75) is 44.6 Å². The third-order valence-electron chi connectivity index (χ3n) is 2.68. The summed E-state index contributed by atoms with van der Waals surface area (Å²) >= 11 is 5.14. The molecule has 0 aliphatic heterocycles. The summed E-state index contributed by atoms with van der Waals surface area (Å²) in [5.74, 6) is 1.05. The van der Waals surface area contributed by atoms with Crippen LogP contribution in [0.25, 0.3) is 0 Å². The molecule has 3 heteroatoms. The molecule has 13 heavy (non-hydrogen) atoms. The Morgan fingerprint density at radius 2 is 2.00 bits per heavy atom. The Kier molecular flexibility index (Phi) is 3.04. The average molecular weight is 198 g/mol. The SMILES string of the molecule is S=C(NCCCC1CC1)NC1CC1. The van der Waals surface area contributed by atoms with E-state index in [-0.39, 0.29) is 0 Å². The Morgan fingerprint density at radius 3 is 2.62 bits per heavy atom. The van der Waals surface area contributed by atoms with E-state index in [4.69, 9.17) is 12.2 Å². The van der Waals surface area contributed by atoms with Crippen LogP contribution in [0.5, 0.6) is 0 Å². The first-order valence-electron chi connectivity index (χ1n) is 5.39. The smallest absolute Gasteiger partial charge is 0.166 e. The predicted octanol–water partition coefficient (Wildman–Crippen LogP) is 1.80. The normalized spacial score (nSPS) is 21.2. The molecule has 0 heterocycles. The summed E-state index contributed by atoms with van der Waals surface area (Å²) in [5.41, 5.74) is 0. The van der Waals surface area contributed by atoms with E-state index in [1.165, 1.54) is 38.5 Å². The van der Waals surface area contributed by atoms with Crippen LogP contribution in [-0.4, -0.2) is 17.7 Å². The molecule has 0 aromatic carbocycles. The summed E-state index contributed by atoms with van der Waals surface area (Å²) < 4.78 is 0. The van der Waals surface area contributed by atoms with Gasteiger partial charge in [-0.15, -0.1) is 0 Å². The second kappa shape index (κ2) is 4.27. The molecule has 0 unspecified atom stereocenters. The first-order valence-corrected chi connectivity index (χ1v) is 5.80. The van der Waals surface area contributed by atoms with Gasteiger partial charge in [0.1, 0.15) is 0 Å². The van der Waals surface area contributed by atoms with E-state index in [9.17, 15) is 0 Å². The molecule has 74 valence electrons. The lowest BCUT2D eigenvalue weighted by Crippen LogP contribution is -2.36. The summed E-state index contributed by atoms with van der Waals surface area (Å²) in [6.07, 6.45) is 8.18. The van der Waals surface area contributed by atoms with E-state index in [1.54, 1.807) is 0 Å². The molecule has 2 fully saturated rings. The molecule has 0 saturated heterocycles. The van der Waals surface area contributed by atoms with E-state index < -0.39 is 0 Å². The first-order chi connectivity index (χ1) is 6.34. The standard InChI is InChI=1S/C10H18N2S/c13-10(12-9-5-6-9)11-7-1-2-8-3-4-8/h8-9H,1-7H2,(H2,11,12,13). The zero-order valence-electron chi connectivity index (χ0n) is 8.01. The van der Waals surface area contributed by atoms with E-state index in [2.05, 4.69) is 10.6 Å². The van der Waals surface area contributed by atoms with Crippen molar-refractivity contribution in [2.75, 3.05) is 6.54 Å². The molecule has 0 radical (unpaired) electrons. The summed E-state index contributed by atoms with van der Waals surface area (Å²) in [7, 11) is 0. The van der Waals surface area contributed by atoms with Gasteiger partial charge in [-0.05, 0) is 43.8 Å². The highest BCUT2D eigenvalue weighted by Crippen LogP contribution is 2.33. The molecule has 2 rings (SSSR count). The van der Waals surface area contributed by atoms with Gasteiger partial charge in [-0.2, -0.15) is 0 Å². The lowest BCUT2D eigenvalue weighted by molar-refractivity contribution is 0.648. The number of rotatable bonds is 5. The van der Waals surface area contributed by atoms with Crippen LogP contribution < -0.4 is 10.6 Å². The van der Waals surface area contributed by atoms with Gasteiger partial charge in [0.15, 0.2) is 5.11 Å².